The summed E-state index contributed by atoms with van der Waals surface area (Å²) in [4.78, 5) is 15.0. The predicted molar refractivity (Wildman–Crippen MR) is 91.9 cm³/mol. The van der Waals surface area contributed by atoms with E-state index in [1.165, 1.54) is 17.7 Å². The van der Waals surface area contributed by atoms with Crippen molar-refractivity contribution in [2.75, 3.05) is 13.1 Å². The van der Waals surface area contributed by atoms with E-state index in [1.54, 1.807) is 0 Å². The Bertz CT molecular complexity index is 595. The van der Waals surface area contributed by atoms with Crippen molar-refractivity contribution in [1.82, 2.24) is 19.9 Å². The highest BCUT2D eigenvalue weighted by Gasteiger charge is 2.31. The first-order valence-electron chi connectivity index (χ1n) is 8.70. The van der Waals surface area contributed by atoms with E-state index in [2.05, 4.69) is 33.9 Å². The number of aryl methyl sites for hydroxylation is 1. The Morgan fingerprint density at radius 2 is 2.26 bits per heavy atom. The zero-order valence-corrected chi connectivity index (χ0v) is 13.9. The Morgan fingerprint density at radius 3 is 3.04 bits per heavy atom. The Hall–Kier alpha value is -1.72. The fourth-order valence-corrected chi connectivity index (χ4v) is 3.63. The molecule has 5 heteroatoms. The molecule has 0 fully saturated rings. The van der Waals surface area contributed by atoms with Gasteiger partial charge in [0.1, 0.15) is 5.82 Å². The molecular weight excluding hydrogens is 286 g/mol. The van der Waals surface area contributed by atoms with Crippen molar-refractivity contribution >= 4 is 0 Å². The largest absolute Gasteiger partial charge is 0.347 e. The molecule has 0 saturated carbocycles. The minimum absolute atomic E-state index is 0.251. The number of nitrogens with zero attached hydrogens (tertiary/aromatic N) is 3. The second-order valence-electron chi connectivity index (χ2n) is 6.34. The first-order valence-corrected chi connectivity index (χ1v) is 8.70. The number of fused-ring (bicyclic) bond motifs is 1. The van der Waals surface area contributed by atoms with Gasteiger partial charge in [0.25, 0.3) is 0 Å². The molecule has 124 valence electrons. The lowest BCUT2D eigenvalue weighted by atomic mass is 9.90. The standard InChI is InChI=1S/C18H27N5/c1-14(18-21-11-12-22-18)23(13-3-2-9-19)16-8-4-6-15-7-5-10-20-17(15)16/h5,7,10-12,14,16H,2-4,6,8-9,13,19H2,1H3,(H,21,22). The van der Waals surface area contributed by atoms with Crippen LogP contribution in [-0.2, 0) is 6.42 Å². The van der Waals surface area contributed by atoms with E-state index in [0.29, 0.717) is 6.04 Å². The molecule has 5 nitrogen and oxygen atoms in total. The van der Waals surface area contributed by atoms with Crippen LogP contribution < -0.4 is 5.73 Å². The maximum Gasteiger partial charge on any atom is 0.123 e. The van der Waals surface area contributed by atoms with Crippen LogP contribution >= 0.6 is 0 Å². The number of nitrogens with two attached hydrogens (primary N) is 1. The summed E-state index contributed by atoms with van der Waals surface area (Å²) in [5.74, 6) is 1.03. The molecule has 0 spiro atoms. The number of rotatable bonds is 7. The summed E-state index contributed by atoms with van der Waals surface area (Å²) in [6.45, 7) is 4.01. The maximum absolute atomic E-state index is 5.69. The summed E-state index contributed by atoms with van der Waals surface area (Å²) in [6.07, 6.45) is 11.4. The smallest absolute Gasteiger partial charge is 0.123 e. The zero-order chi connectivity index (χ0) is 16.1. The minimum atomic E-state index is 0.251. The van der Waals surface area contributed by atoms with Gasteiger partial charge in [-0.15, -0.1) is 0 Å². The monoisotopic (exact) mass is 313 g/mol. The molecule has 1 aliphatic rings. The maximum atomic E-state index is 5.69. The highest BCUT2D eigenvalue weighted by atomic mass is 15.2. The van der Waals surface area contributed by atoms with E-state index in [0.717, 1.165) is 44.6 Å². The summed E-state index contributed by atoms with van der Waals surface area (Å²) in [7, 11) is 0. The molecular formula is C18H27N5. The van der Waals surface area contributed by atoms with Gasteiger partial charge in [-0.1, -0.05) is 6.07 Å². The molecule has 0 amide bonds. The SMILES string of the molecule is CC(c1ncc[nH]1)N(CCCCN)C1CCCc2cccnc21. The van der Waals surface area contributed by atoms with Gasteiger partial charge in [-0.05, 0) is 63.7 Å². The lowest BCUT2D eigenvalue weighted by molar-refractivity contribution is 0.118. The fourth-order valence-electron chi connectivity index (χ4n) is 3.63. The van der Waals surface area contributed by atoms with Crippen molar-refractivity contribution in [3.8, 4) is 0 Å². The van der Waals surface area contributed by atoms with E-state index < -0.39 is 0 Å². The normalized spacial score (nSPS) is 18.8. The summed E-state index contributed by atoms with van der Waals surface area (Å²) in [5.41, 5.74) is 8.35. The molecule has 3 N–H and O–H groups in total. The molecule has 0 saturated heterocycles. The molecule has 0 radical (unpaired) electrons. The molecule has 0 aromatic carbocycles. The number of aromatic amines is 1. The molecule has 0 bridgehead atoms. The highest BCUT2D eigenvalue weighted by Crippen LogP contribution is 2.37. The average molecular weight is 313 g/mol. The molecule has 2 atom stereocenters. The van der Waals surface area contributed by atoms with Crippen LogP contribution in [0.15, 0.2) is 30.7 Å². The van der Waals surface area contributed by atoms with Crippen LogP contribution in [-0.4, -0.2) is 32.9 Å². The van der Waals surface area contributed by atoms with Crippen molar-refractivity contribution in [3.63, 3.8) is 0 Å². The Labute approximate surface area is 138 Å². The minimum Gasteiger partial charge on any atom is -0.347 e. The fraction of sp³-hybridized carbons (Fsp3) is 0.556. The second kappa shape index (κ2) is 7.70. The number of pyridine rings is 1. The molecule has 3 rings (SSSR count). The number of hydrogen-bond acceptors (Lipinski definition) is 4. The van der Waals surface area contributed by atoms with Crippen LogP contribution in [0, 0.1) is 0 Å². The third-order valence-corrected chi connectivity index (χ3v) is 4.85. The van der Waals surface area contributed by atoms with Crippen LogP contribution in [0.4, 0.5) is 0 Å². The first kappa shape index (κ1) is 16.1. The topological polar surface area (TPSA) is 70.8 Å². The van der Waals surface area contributed by atoms with Crippen molar-refractivity contribution in [2.45, 2.75) is 51.1 Å². The lowest BCUT2D eigenvalue weighted by Crippen LogP contribution is -2.35. The molecule has 23 heavy (non-hydrogen) atoms. The number of aromatic nitrogens is 3. The average Bonchev–Trinajstić information content (AvgIpc) is 3.13. The van der Waals surface area contributed by atoms with Gasteiger partial charge in [0.2, 0.25) is 0 Å². The Kier molecular flexibility index (Phi) is 5.41. The molecule has 2 heterocycles. The molecule has 1 aliphatic carbocycles. The number of unbranched alkanes of at least 4 members (excludes halogenated alkanes) is 1. The van der Waals surface area contributed by atoms with Gasteiger partial charge < -0.3 is 10.7 Å². The second-order valence-corrected chi connectivity index (χ2v) is 6.34. The van der Waals surface area contributed by atoms with Crippen LogP contribution in [0.2, 0.25) is 0 Å². The van der Waals surface area contributed by atoms with E-state index in [-0.39, 0.29) is 6.04 Å². The van der Waals surface area contributed by atoms with E-state index in [4.69, 9.17) is 10.7 Å². The summed E-state index contributed by atoms with van der Waals surface area (Å²) >= 11 is 0. The third-order valence-electron chi connectivity index (χ3n) is 4.85. The van der Waals surface area contributed by atoms with Gasteiger partial charge in [-0.25, -0.2) is 4.98 Å². The van der Waals surface area contributed by atoms with Gasteiger partial charge in [0, 0.05) is 18.6 Å². The van der Waals surface area contributed by atoms with Gasteiger partial charge in [-0.3, -0.25) is 9.88 Å². The summed E-state index contributed by atoms with van der Waals surface area (Å²) < 4.78 is 0. The summed E-state index contributed by atoms with van der Waals surface area (Å²) in [6, 6.07) is 4.90. The van der Waals surface area contributed by atoms with Gasteiger partial charge in [0.15, 0.2) is 0 Å². The van der Waals surface area contributed by atoms with Crippen LogP contribution in [0.5, 0.6) is 0 Å². The number of imidazole rings is 1. The zero-order valence-electron chi connectivity index (χ0n) is 13.9. The number of H-pyrrole nitrogens is 1. The third kappa shape index (κ3) is 3.62. The molecule has 2 aromatic heterocycles. The lowest BCUT2D eigenvalue weighted by Gasteiger charge is -2.38. The number of nitrogens with one attached hydrogen (secondary N) is 1. The van der Waals surface area contributed by atoms with Gasteiger partial charge >= 0.3 is 0 Å². The van der Waals surface area contributed by atoms with Crippen LogP contribution in [0.1, 0.15) is 61.8 Å². The van der Waals surface area contributed by atoms with E-state index >= 15 is 0 Å². The Balaban J connectivity index is 1.86. The van der Waals surface area contributed by atoms with Crippen molar-refractivity contribution in [1.29, 1.82) is 0 Å². The Morgan fingerprint density at radius 1 is 1.35 bits per heavy atom. The molecule has 2 unspecified atom stereocenters. The van der Waals surface area contributed by atoms with Crippen molar-refractivity contribution in [2.24, 2.45) is 5.73 Å². The van der Waals surface area contributed by atoms with Crippen LogP contribution in [0.25, 0.3) is 0 Å². The summed E-state index contributed by atoms with van der Waals surface area (Å²) in [5, 5.41) is 0. The van der Waals surface area contributed by atoms with E-state index in [9.17, 15) is 0 Å². The molecule has 0 aliphatic heterocycles. The quantitative estimate of drug-likeness (QED) is 0.771. The van der Waals surface area contributed by atoms with Gasteiger partial charge in [0.05, 0.1) is 17.8 Å². The van der Waals surface area contributed by atoms with Crippen LogP contribution in [0.3, 0.4) is 0 Å². The van der Waals surface area contributed by atoms with Gasteiger partial charge in [-0.2, -0.15) is 0 Å². The van der Waals surface area contributed by atoms with E-state index in [1.807, 2.05) is 18.6 Å². The predicted octanol–water partition coefficient (Wildman–Crippen LogP) is 2.98. The highest BCUT2D eigenvalue weighted by molar-refractivity contribution is 5.26. The first-order chi connectivity index (χ1) is 11.3. The molecule has 2 aromatic rings. The number of hydrogen-bond donors (Lipinski definition) is 2. The van der Waals surface area contributed by atoms with Crippen molar-refractivity contribution < 1.29 is 0 Å². The van der Waals surface area contributed by atoms with Crippen molar-refractivity contribution in [3.05, 3.63) is 47.8 Å².